The number of benzene rings is 2. The number of aromatic nitrogens is 1. The molecule has 2 atom stereocenters. The molecule has 3 aromatic rings. The Kier molecular flexibility index (Phi) is 9.07. The SMILES string of the molecule is COc1ccc(CN(c2cccc(F)n2)S(=O)(=O)c2c(F)cc(N3CC(CN(C)C)(OC)CC3C)c(Cl)c2F)cc1. The van der Waals surface area contributed by atoms with Gasteiger partial charge < -0.3 is 19.3 Å². The van der Waals surface area contributed by atoms with Gasteiger partial charge in [-0.05, 0) is 57.3 Å². The lowest BCUT2D eigenvalue weighted by Gasteiger charge is -2.31. The molecule has 1 saturated heterocycles. The van der Waals surface area contributed by atoms with Crippen LogP contribution in [-0.4, -0.2) is 71.3 Å². The lowest BCUT2D eigenvalue weighted by Crippen LogP contribution is -2.44. The van der Waals surface area contributed by atoms with Crippen molar-refractivity contribution in [2.75, 3.05) is 50.6 Å². The first-order chi connectivity index (χ1) is 19.3. The van der Waals surface area contributed by atoms with Gasteiger partial charge in [-0.2, -0.15) is 4.39 Å². The predicted octanol–water partition coefficient (Wildman–Crippen LogP) is 5.10. The summed E-state index contributed by atoms with van der Waals surface area (Å²) in [5.41, 5.74) is -0.176. The van der Waals surface area contributed by atoms with E-state index >= 15 is 8.78 Å². The highest BCUT2D eigenvalue weighted by Gasteiger charge is 2.45. The van der Waals surface area contributed by atoms with Crippen LogP contribution < -0.4 is 13.9 Å². The molecule has 41 heavy (non-hydrogen) atoms. The van der Waals surface area contributed by atoms with Crippen molar-refractivity contribution in [3.05, 3.63) is 76.7 Å². The quantitative estimate of drug-likeness (QED) is 0.233. The number of rotatable bonds is 10. The molecular formula is C28H32ClF3N4O4S. The van der Waals surface area contributed by atoms with Crippen LogP contribution in [0.5, 0.6) is 5.75 Å². The van der Waals surface area contributed by atoms with E-state index in [1.165, 1.54) is 19.2 Å². The smallest absolute Gasteiger partial charge is 0.271 e. The summed E-state index contributed by atoms with van der Waals surface area (Å²) >= 11 is 6.43. The van der Waals surface area contributed by atoms with Gasteiger partial charge in [-0.3, -0.25) is 0 Å². The number of methoxy groups -OCH3 is 2. The monoisotopic (exact) mass is 612 g/mol. The summed E-state index contributed by atoms with van der Waals surface area (Å²) in [5.74, 6) is -3.60. The lowest BCUT2D eigenvalue weighted by atomic mass is 10.00. The second-order valence-electron chi connectivity index (χ2n) is 10.3. The third-order valence-electron chi connectivity index (χ3n) is 7.09. The zero-order chi connectivity index (χ0) is 30.1. The molecule has 8 nitrogen and oxygen atoms in total. The molecule has 13 heteroatoms. The van der Waals surface area contributed by atoms with Crippen molar-refractivity contribution >= 4 is 33.1 Å². The fourth-order valence-electron chi connectivity index (χ4n) is 5.25. The number of likely N-dealkylation sites (N-methyl/N-ethyl adjacent to an activating group) is 1. The molecule has 222 valence electrons. The molecule has 4 rings (SSSR count). The Hall–Kier alpha value is -3.06. The van der Waals surface area contributed by atoms with Gasteiger partial charge in [-0.15, -0.1) is 0 Å². The van der Waals surface area contributed by atoms with E-state index in [1.54, 1.807) is 36.3 Å². The first kappa shape index (κ1) is 30.9. The van der Waals surface area contributed by atoms with Crippen molar-refractivity contribution in [3.8, 4) is 5.75 Å². The zero-order valence-electron chi connectivity index (χ0n) is 23.4. The first-order valence-electron chi connectivity index (χ1n) is 12.7. The van der Waals surface area contributed by atoms with Crippen LogP contribution in [0.15, 0.2) is 53.4 Å². The van der Waals surface area contributed by atoms with Crippen LogP contribution in [0.3, 0.4) is 0 Å². The fourth-order valence-corrected chi connectivity index (χ4v) is 7.08. The number of pyridine rings is 1. The largest absolute Gasteiger partial charge is 0.497 e. The lowest BCUT2D eigenvalue weighted by molar-refractivity contribution is -0.0120. The zero-order valence-corrected chi connectivity index (χ0v) is 24.9. The Bertz CT molecular complexity index is 1510. The molecule has 1 aromatic heterocycles. The Morgan fingerprint density at radius 1 is 1.12 bits per heavy atom. The molecule has 0 radical (unpaired) electrons. The van der Waals surface area contributed by atoms with Crippen LogP contribution >= 0.6 is 11.6 Å². The van der Waals surface area contributed by atoms with Crippen LogP contribution in [0.2, 0.25) is 5.02 Å². The van der Waals surface area contributed by atoms with E-state index in [0.717, 1.165) is 12.1 Å². The highest BCUT2D eigenvalue weighted by Crippen LogP contribution is 2.42. The number of sulfonamides is 1. The maximum atomic E-state index is 15.9. The average Bonchev–Trinajstić information content (AvgIpc) is 3.24. The molecule has 0 amide bonds. The summed E-state index contributed by atoms with van der Waals surface area (Å²) in [5, 5.41) is -0.551. The number of anilines is 2. The maximum Gasteiger partial charge on any atom is 0.271 e. The molecule has 0 saturated carbocycles. The third kappa shape index (κ3) is 6.25. The van der Waals surface area contributed by atoms with Crippen molar-refractivity contribution in [3.63, 3.8) is 0 Å². The third-order valence-corrected chi connectivity index (χ3v) is 9.24. The molecule has 1 fully saturated rings. The summed E-state index contributed by atoms with van der Waals surface area (Å²) < 4.78 is 85.1. The second-order valence-corrected chi connectivity index (χ2v) is 12.5. The topological polar surface area (TPSA) is 75.2 Å². The summed E-state index contributed by atoms with van der Waals surface area (Å²) in [6.07, 6.45) is 0.558. The van der Waals surface area contributed by atoms with Crippen LogP contribution in [-0.2, 0) is 21.3 Å². The molecule has 1 aliphatic heterocycles. The molecule has 1 aliphatic rings. The van der Waals surface area contributed by atoms with Crippen LogP contribution in [0.25, 0.3) is 0 Å². The van der Waals surface area contributed by atoms with E-state index in [-0.39, 0.29) is 24.1 Å². The minimum atomic E-state index is -4.98. The standard InChI is InChI=1S/C28H32ClF3N4O4S/c1-18-14-28(40-5,16-34(2)3)17-35(18)22-13-21(30)27(26(32)25(22)29)41(37,38)36(24-8-6-7-23(31)33-24)15-19-9-11-20(39-4)12-10-19/h6-13,18H,14-17H2,1-5H3. The van der Waals surface area contributed by atoms with Gasteiger partial charge in [0.1, 0.15) is 22.4 Å². The maximum absolute atomic E-state index is 15.9. The molecule has 2 aromatic carbocycles. The van der Waals surface area contributed by atoms with Gasteiger partial charge in [0, 0.05) is 32.3 Å². The van der Waals surface area contributed by atoms with Gasteiger partial charge in [0.15, 0.2) is 10.7 Å². The number of ether oxygens (including phenoxy) is 2. The first-order valence-corrected chi connectivity index (χ1v) is 14.6. The normalized spacial score (nSPS) is 19.2. The average molecular weight is 613 g/mol. The van der Waals surface area contributed by atoms with Gasteiger partial charge in [0.05, 0.1) is 24.9 Å². The molecular weight excluding hydrogens is 581 g/mol. The van der Waals surface area contributed by atoms with E-state index in [4.69, 9.17) is 21.1 Å². The Morgan fingerprint density at radius 3 is 2.39 bits per heavy atom. The molecule has 2 unspecified atom stereocenters. The molecule has 0 bridgehead atoms. The number of nitrogens with zero attached hydrogens (tertiary/aromatic N) is 4. The van der Waals surface area contributed by atoms with Crippen molar-refractivity contribution < 1.29 is 31.1 Å². The van der Waals surface area contributed by atoms with Gasteiger partial charge in [0.2, 0.25) is 5.95 Å². The van der Waals surface area contributed by atoms with Crippen LogP contribution in [0, 0.1) is 17.6 Å². The Morgan fingerprint density at radius 2 is 1.80 bits per heavy atom. The molecule has 0 aliphatic carbocycles. The summed E-state index contributed by atoms with van der Waals surface area (Å²) in [7, 11) is 1.86. The van der Waals surface area contributed by atoms with Crippen LogP contribution in [0.4, 0.5) is 24.7 Å². The summed E-state index contributed by atoms with van der Waals surface area (Å²) in [6.45, 7) is 2.31. The Labute approximate surface area is 243 Å². The minimum Gasteiger partial charge on any atom is -0.497 e. The minimum absolute atomic E-state index is 0.0105. The van der Waals surface area contributed by atoms with E-state index in [0.29, 0.717) is 28.6 Å². The van der Waals surface area contributed by atoms with E-state index in [9.17, 15) is 12.8 Å². The Balaban J connectivity index is 1.78. The van der Waals surface area contributed by atoms with Crippen molar-refractivity contribution in [1.82, 2.24) is 9.88 Å². The number of hydrogen-bond acceptors (Lipinski definition) is 7. The van der Waals surface area contributed by atoms with Gasteiger partial charge in [-0.25, -0.2) is 26.5 Å². The molecule has 0 N–H and O–H groups in total. The summed E-state index contributed by atoms with van der Waals surface area (Å²) in [6, 6.07) is 10.6. The summed E-state index contributed by atoms with van der Waals surface area (Å²) in [4.78, 5) is 6.07. The van der Waals surface area contributed by atoms with E-state index in [2.05, 4.69) is 4.98 Å². The number of hydrogen-bond donors (Lipinski definition) is 0. The predicted molar refractivity (Wildman–Crippen MR) is 152 cm³/mol. The fraction of sp³-hybridized carbons (Fsp3) is 0.393. The van der Waals surface area contributed by atoms with Gasteiger partial charge in [0.25, 0.3) is 10.0 Å². The van der Waals surface area contributed by atoms with Gasteiger partial charge in [-0.1, -0.05) is 29.8 Å². The molecule has 0 spiro atoms. The highest BCUT2D eigenvalue weighted by molar-refractivity contribution is 7.92. The second kappa shape index (κ2) is 12.0. The van der Waals surface area contributed by atoms with Crippen molar-refractivity contribution in [1.29, 1.82) is 0 Å². The van der Waals surface area contributed by atoms with E-state index < -0.39 is 49.7 Å². The van der Waals surface area contributed by atoms with Crippen molar-refractivity contribution in [2.24, 2.45) is 0 Å². The van der Waals surface area contributed by atoms with Crippen molar-refractivity contribution in [2.45, 2.75) is 36.4 Å². The van der Waals surface area contributed by atoms with E-state index in [1.807, 2.05) is 25.9 Å². The highest BCUT2D eigenvalue weighted by atomic mass is 35.5. The number of halogens is 4. The molecule has 2 heterocycles. The van der Waals surface area contributed by atoms with Crippen LogP contribution in [0.1, 0.15) is 18.9 Å². The van der Waals surface area contributed by atoms with Gasteiger partial charge >= 0.3 is 0 Å².